The standard InChI is InChI=1S/C20H30N6O2.HI/c1-3-21-19(23-15-16-9-4-5-10-17(16)28-2)22-12-8-14-26-20(27)25-13-7-6-11-18(25)24-26;/h4-5,9-10H,3,6-8,11-15H2,1-2H3,(H2,21,22,23);1H. The fourth-order valence-electron chi connectivity index (χ4n) is 3.37. The van der Waals surface area contributed by atoms with E-state index in [-0.39, 0.29) is 29.7 Å². The van der Waals surface area contributed by atoms with Crippen LogP contribution >= 0.6 is 24.0 Å². The number of aromatic nitrogens is 3. The molecular formula is C20H31IN6O2. The average molecular weight is 514 g/mol. The Bertz CT molecular complexity index is 861. The van der Waals surface area contributed by atoms with E-state index in [1.807, 2.05) is 35.8 Å². The lowest BCUT2D eigenvalue weighted by molar-refractivity contribution is 0.410. The molecule has 29 heavy (non-hydrogen) atoms. The van der Waals surface area contributed by atoms with Crippen molar-refractivity contribution < 1.29 is 4.74 Å². The number of rotatable bonds is 8. The average Bonchev–Trinajstić information content (AvgIpc) is 3.05. The van der Waals surface area contributed by atoms with E-state index in [4.69, 9.17) is 4.74 Å². The topological polar surface area (TPSA) is 85.5 Å². The van der Waals surface area contributed by atoms with E-state index >= 15 is 0 Å². The van der Waals surface area contributed by atoms with Crippen molar-refractivity contribution in [1.82, 2.24) is 25.0 Å². The molecule has 0 saturated heterocycles. The molecule has 0 bridgehead atoms. The zero-order chi connectivity index (χ0) is 19.8. The van der Waals surface area contributed by atoms with Crippen LogP contribution in [-0.4, -0.2) is 40.5 Å². The molecule has 0 spiro atoms. The third-order valence-corrected chi connectivity index (χ3v) is 4.81. The predicted molar refractivity (Wildman–Crippen MR) is 125 cm³/mol. The summed E-state index contributed by atoms with van der Waals surface area (Å²) >= 11 is 0. The lowest BCUT2D eigenvalue weighted by Crippen LogP contribution is -2.38. The quantitative estimate of drug-likeness (QED) is 0.244. The summed E-state index contributed by atoms with van der Waals surface area (Å²) < 4.78 is 8.79. The maximum absolute atomic E-state index is 12.4. The van der Waals surface area contributed by atoms with Crippen LogP contribution in [0.2, 0.25) is 0 Å². The van der Waals surface area contributed by atoms with Crippen molar-refractivity contribution in [2.45, 2.75) is 52.2 Å². The van der Waals surface area contributed by atoms with Crippen LogP contribution in [0.15, 0.2) is 34.1 Å². The van der Waals surface area contributed by atoms with Gasteiger partial charge in [-0.2, -0.15) is 5.10 Å². The number of nitrogens with one attached hydrogen (secondary N) is 2. The van der Waals surface area contributed by atoms with Gasteiger partial charge >= 0.3 is 5.69 Å². The summed E-state index contributed by atoms with van der Waals surface area (Å²) in [5, 5.41) is 11.1. The molecule has 0 radical (unpaired) electrons. The smallest absolute Gasteiger partial charge is 0.345 e. The molecule has 1 aromatic heterocycles. The van der Waals surface area contributed by atoms with Gasteiger partial charge in [0.25, 0.3) is 0 Å². The van der Waals surface area contributed by atoms with Crippen LogP contribution in [0, 0.1) is 0 Å². The number of hydrogen-bond acceptors (Lipinski definition) is 4. The number of guanidine groups is 1. The van der Waals surface area contributed by atoms with Crippen LogP contribution in [0.4, 0.5) is 0 Å². The fraction of sp³-hybridized carbons (Fsp3) is 0.550. The number of aryl methyl sites for hydroxylation is 2. The molecule has 0 unspecified atom stereocenters. The van der Waals surface area contributed by atoms with Crippen LogP contribution in [0.3, 0.4) is 0 Å². The molecule has 160 valence electrons. The van der Waals surface area contributed by atoms with Crippen molar-refractivity contribution in [2.75, 3.05) is 20.2 Å². The van der Waals surface area contributed by atoms with Crippen molar-refractivity contribution in [3.8, 4) is 5.75 Å². The van der Waals surface area contributed by atoms with Gasteiger partial charge in [0.2, 0.25) is 0 Å². The SMILES string of the molecule is CCNC(=NCc1ccccc1OC)NCCCn1nc2n(c1=O)CCCC2.I. The monoisotopic (exact) mass is 514 g/mol. The number of para-hydroxylation sites is 1. The second kappa shape index (κ2) is 11.8. The van der Waals surface area contributed by atoms with Gasteiger partial charge < -0.3 is 15.4 Å². The first-order valence-electron chi connectivity index (χ1n) is 10.0. The molecule has 0 saturated carbocycles. The van der Waals surface area contributed by atoms with E-state index in [0.29, 0.717) is 19.6 Å². The number of ether oxygens (including phenoxy) is 1. The van der Waals surface area contributed by atoms with Gasteiger partial charge in [-0.15, -0.1) is 24.0 Å². The van der Waals surface area contributed by atoms with Gasteiger partial charge in [0, 0.05) is 38.2 Å². The molecule has 8 nitrogen and oxygen atoms in total. The number of hydrogen-bond donors (Lipinski definition) is 2. The molecule has 3 rings (SSSR count). The first kappa shape index (κ1) is 23.2. The second-order valence-corrected chi connectivity index (χ2v) is 6.82. The fourth-order valence-corrected chi connectivity index (χ4v) is 3.37. The Balaban J connectivity index is 0.00000300. The summed E-state index contributed by atoms with van der Waals surface area (Å²) in [6.45, 7) is 5.48. The van der Waals surface area contributed by atoms with Crippen LogP contribution in [0.25, 0.3) is 0 Å². The summed E-state index contributed by atoms with van der Waals surface area (Å²) in [6, 6.07) is 7.88. The van der Waals surface area contributed by atoms with E-state index in [0.717, 1.165) is 61.9 Å². The van der Waals surface area contributed by atoms with Crippen molar-refractivity contribution in [2.24, 2.45) is 4.99 Å². The molecular weight excluding hydrogens is 483 g/mol. The number of methoxy groups -OCH3 is 1. The van der Waals surface area contributed by atoms with Gasteiger partial charge in [-0.25, -0.2) is 14.5 Å². The van der Waals surface area contributed by atoms with E-state index in [2.05, 4.69) is 20.7 Å². The van der Waals surface area contributed by atoms with Gasteiger partial charge in [-0.05, 0) is 32.3 Å². The molecule has 2 aromatic rings. The molecule has 9 heteroatoms. The number of aliphatic imine (C=N–C) groups is 1. The molecule has 2 N–H and O–H groups in total. The summed E-state index contributed by atoms with van der Waals surface area (Å²) in [7, 11) is 1.67. The zero-order valence-electron chi connectivity index (χ0n) is 17.2. The Kier molecular flexibility index (Phi) is 9.49. The second-order valence-electron chi connectivity index (χ2n) is 6.82. The van der Waals surface area contributed by atoms with Crippen LogP contribution in [-0.2, 0) is 26.1 Å². The molecule has 1 aliphatic heterocycles. The Morgan fingerprint density at radius 1 is 1.28 bits per heavy atom. The Morgan fingerprint density at radius 3 is 2.86 bits per heavy atom. The van der Waals surface area contributed by atoms with Crippen LogP contribution < -0.4 is 21.1 Å². The third-order valence-electron chi connectivity index (χ3n) is 4.81. The van der Waals surface area contributed by atoms with Gasteiger partial charge in [0.05, 0.1) is 13.7 Å². The number of benzene rings is 1. The molecule has 0 amide bonds. The Labute approximate surface area is 188 Å². The number of fused-ring (bicyclic) bond motifs is 1. The van der Waals surface area contributed by atoms with Gasteiger partial charge in [-0.1, -0.05) is 18.2 Å². The minimum atomic E-state index is 0. The highest BCUT2D eigenvalue weighted by Gasteiger charge is 2.16. The Morgan fingerprint density at radius 2 is 2.10 bits per heavy atom. The minimum absolute atomic E-state index is 0. The molecule has 1 aliphatic rings. The third kappa shape index (κ3) is 6.22. The maximum Gasteiger partial charge on any atom is 0.345 e. The summed E-state index contributed by atoms with van der Waals surface area (Å²) in [5.74, 6) is 2.52. The van der Waals surface area contributed by atoms with Gasteiger partial charge in [0.15, 0.2) is 5.96 Å². The number of halogens is 1. The highest BCUT2D eigenvalue weighted by atomic mass is 127. The van der Waals surface area contributed by atoms with Crippen molar-refractivity contribution in [3.63, 3.8) is 0 Å². The van der Waals surface area contributed by atoms with E-state index in [1.54, 1.807) is 11.8 Å². The van der Waals surface area contributed by atoms with E-state index < -0.39 is 0 Å². The molecule has 0 aliphatic carbocycles. The highest BCUT2D eigenvalue weighted by Crippen LogP contribution is 2.17. The maximum atomic E-state index is 12.4. The largest absolute Gasteiger partial charge is 0.496 e. The first-order valence-corrected chi connectivity index (χ1v) is 10.0. The zero-order valence-corrected chi connectivity index (χ0v) is 19.5. The highest BCUT2D eigenvalue weighted by molar-refractivity contribution is 14.0. The first-order chi connectivity index (χ1) is 13.7. The van der Waals surface area contributed by atoms with Gasteiger partial charge in [-0.3, -0.25) is 4.57 Å². The van der Waals surface area contributed by atoms with Crippen LogP contribution in [0.1, 0.15) is 37.6 Å². The minimum Gasteiger partial charge on any atom is -0.496 e. The molecule has 1 aromatic carbocycles. The van der Waals surface area contributed by atoms with Crippen LogP contribution in [0.5, 0.6) is 5.75 Å². The lowest BCUT2D eigenvalue weighted by atomic mass is 10.2. The lowest BCUT2D eigenvalue weighted by Gasteiger charge is -2.12. The summed E-state index contributed by atoms with van der Waals surface area (Å²) in [5.41, 5.74) is 1.06. The normalized spacial score (nSPS) is 13.4. The van der Waals surface area contributed by atoms with E-state index in [1.165, 1.54) is 0 Å². The molecule has 2 heterocycles. The summed E-state index contributed by atoms with van der Waals surface area (Å²) in [4.78, 5) is 17.0. The molecule has 0 fully saturated rings. The van der Waals surface area contributed by atoms with E-state index in [9.17, 15) is 4.79 Å². The van der Waals surface area contributed by atoms with Crippen molar-refractivity contribution in [3.05, 3.63) is 46.1 Å². The van der Waals surface area contributed by atoms with Gasteiger partial charge in [0.1, 0.15) is 11.6 Å². The van der Waals surface area contributed by atoms with Crippen molar-refractivity contribution in [1.29, 1.82) is 0 Å². The van der Waals surface area contributed by atoms with Crippen molar-refractivity contribution >= 4 is 29.9 Å². The summed E-state index contributed by atoms with van der Waals surface area (Å²) in [6.07, 6.45) is 3.89. The molecule has 0 atom stereocenters. The Hall–Kier alpha value is -2.04. The predicted octanol–water partition coefficient (Wildman–Crippen LogP) is 2.15. The number of nitrogens with zero attached hydrogens (tertiary/aromatic N) is 4.